The van der Waals surface area contributed by atoms with Gasteiger partial charge in [-0.3, -0.25) is 0 Å². The summed E-state index contributed by atoms with van der Waals surface area (Å²) >= 11 is 3.47. The number of benzene rings is 1. The van der Waals surface area contributed by atoms with Crippen molar-refractivity contribution in [1.82, 2.24) is 5.32 Å². The van der Waals surface area contributed by atoms with Gasteiger partial charge in [-0.1, -0.05) is 6.07 Å². The van der Waals surface area contributed by atoms with Crippen LogP contribution < -0.4 is 14.8 Å². The average Bonchev–Trinajstić information content (AvgIpc) is 2.81. The van der Waals surface area contributed by atoms with Crippen molar-refractivity contribution >= 4 is 15.9 Å². The summed E-state index contributed by atoms with van der Waals surface area (Å²) in [5.74, 6) is 2.16. The Balaban J connectivity index is 2.43. The Morgan fingerprint density at radius 1 is 1.25 bits per heavy atom. The summed E-state index contributed by atoms with van der Waals surface area (Å²) in [6.07, 6.45) is 1.15. The molecule has 0 aromatic heterocycles. The molecule has 1 fully saturated rings. The van der Waals surface area contributed by atoms with Gasteiger partial charge in [0.15, 0.2) is 11.5 Å². The summed E-state index contributed by atoms with van der Waals surface area (Å²) in [5.41, 5.74) is 1.23. The second-order valence-electron chi connectivity index (χ2n) is 3.89. The molecule has 16 heavy (non-hydrogen) atoms. The lowest BCUT2D eigenvalue weighted by Gasteiger charge is -2.17. The number of halogens is 1. The van der Waals surface area contributed by atoms with Gasteiger partial charge in [0.25, 0.3) is 0 Å². The number of rotatable bonds is 3. The Labute approximate surface area is 104 Å². The Morgan fingerprint density at radius 2 is 2.00 bits per heavy atom. The van der Waals surface area contributed by atoms with E-state index in [1.165, 1.54) is 5.56 Å². The van der Waals surface area contributed by atoms with Gasteiger partial charge in [0, 0.05) is 18.0 Å². The Kier molecular flexibility index (Phi) is 3.71. The first-order valence-corrected chi connectivity index (χ1v) is 6.18. The van der Waals surface area contributed by atoms with Gasteiger partial charge in [-0.15, -0.1) is 0 Å². The fourth-order valence-electron chi connectivity index (χ4n) is 2.20. The molecule has 3 nitrogen and oxygen atoms in total. The molecule has 1 aliphatic rings. The van der Waals surface area contributed by atoms with Crippen molar-refractivity contribution in [1.29, 1.82) is 0 Å². The van der Waals surface area contributed by atoms with Crippen LogP contribution in [0, 0.1) is 0 Å². The summed E-state index contributed by atoms with van der Waals surface area (Å²) in [6.45, 7) is 2.09. The third-order valence-corrected chi connectivity index (χ3v) is 3.63. The van der Waals surface area contributed by atoms with Crippen LogP contribution in [0.3, 0.4) is 0 Å². The molecule has 1 unspecified atom stereocenters. The Bertz CT molecular complexity index is 376. The zero-order valence-electron chi connectivity index (χ0n) is 9.55. The molecule has 1 atom stereocenters. The van der Waals surface area contributed by atoms with Gasteiger partial charge < -0.3 is 14.8 Å². The van der Waals surface area contributed by atoms with Gasteiger partial charge in [-0.2, -0.15) is 0 Å². The molecule has 1 aromatic rings. The second-order valence-corrected chi connectivity index (χ2v) is 4.75. The SMILES string of the molecule is COc1c(Br)ccc(C2CCNC2)c1OC. The van der Waals surface area contributed by atoms with Crippen molar-refractivity contribution in [3.8, 4) is 11.5 Å². The summed E-state index contributed by atoms with van der Waals surface area (Å²) in [7, 11) is 3.36. The van der Waals surface area contributed by atoms with E-state index in [0.717, 1.165) is 35.5 Å². The summed E-state index contributed by atoms with van der Waals surface area (Å²) in [4.78, 5) is 0. The third kappa shape index (κ3) is 2.04. The van der Waals surface area contributed by atoms with E-state index in [1.807, 2.05) is 6.07 Å². The van der Waals surface area contributed by atoms with Crippen LogP contribution in [-0.4, -0.2) is 27.3 Å². The van der Waals surface area contributed by atoms with Gasteiger partial charge in [0.2, 0.25) is 0 Å². The van der Waals surface area contributed by atoms with Crippen LogP contribution >= 0.6 is 15.9 Å². The first-order chi connectivity index (χ1) is 7.77. The minimum Gasteiger partial charge on any atom is -0.493 e. The van der Waals surface area contributed by atoms with E-state index in [0.29, 0.717) is 5.92 Å². The van der Waals surface area contributed by atoms with Crippen LogP contribution in [0.1, 0.15) is 17.9 Å². The molecule has 0 saturated carbocycles. The topological polar surface area (TPSA) is 30.5 Å². The van der Waals surface area contributed by atoms with Crippen molar-refractivity contribution < 1.29 is 9.47 Å². The van der Waals surface area contributed by atoms with Crippen molar-refractivity contribution in [2.24, 2.45) is 0 Å². The standard InChI is InChI=1S/C12H16BrNO2/c1-15-11-9(8-5-6-14-7-8)3-4-10(13)12(11)16-2/h3-4,8,14H,5-7H2,1-2H3. The predicted molar refractivity (Wildman–Crippen MR) is 67.5 cm³/mol. The van der Waals surface area contributed by atoms with Crippen molar-refractivity contribution in [2.45, 2.75) is 12.3 Å². The molecule has 88 valence electrons. The van der Waals surface area contributed by atoms with E-state index in [1.54, 1.807) is 14.2 Å². The first kappa shape index (κ1) is 11.7. The zero-order chi connectivity index (χ0) is 11.5. The maximum absolute atomic E-state index is 5.48. The normalized spacial score (nSPS) is 19.8. The molecule has 1 aromatic carbocycles. The molecule has 2 rings (SSSR count). The fraction of sp³-hybridized carbons (Fsp3) is 0.500. The van der Waals surface area contributed by atoms with Crippen LogP contribution in [0.15, 0.2) is 16.6 Å². The monoisotopic (exact) mass is 285 g/mol. The smallest absolute Gasteiger partial charge is 0.175 e. The van der Waals surface area contributed by atoms with Crippen LogP contribution in [0.25, 0.3) is 0 Å². The van der Waals surface area contributed by atoms with Crippen LogP contribution in [-0.2, 0) is 0 Å². The number of ether oxygens (including phenoxy) is 2. The largest absolute Gasteiger partial charge is 0.493 e. The lowest BCUT2D eigenvalue weighted by Crippen LogP contribution is -2.09. The highest BCUT2D eigenvalue weighted by Gasteiger charge is 2.23. The van der Waals surface area contributed by atoms with E-state index in [9.17, 15) is 0 Å². The van der Waals surface area contributed by atoms with E-state index in [2.05, 4.69) is 27.3 Å². The molecule has 0 spiro atoms. The van der Waals surface area contributed by atoms with Crippen molar-refractivity contribution in [3.63, 3.8) is 0 Å². The number of methoxy groups -OCH3 is 2. The Morgan fingerprint density at radius 3 is 2.56 bits per heavy atom. The van der Waals surface area contributed by atoms with Crippen LogP contribution in [0.5, 0.6) is 11.5 Å². The minimum absolute atomic E-state index is 0.525. The van der Waals surface area contributed by atoms with Gasteiger partial charge >= 0.3 is 0 Å². The van der Waals surface area contributed by atoms with Gasteiger partial charge in [-0.05, 0) is 35.0 Å². The highest BCUT2D eigenvalue weighted by Crippen LogP contribution is 2.42. The van der Waals surface area contributed by atoms with E-state index >= 15 is 0 Å². The number of hydrogen-bond acceptors (Lipinski definition) is 3. The molecule has 1 aliphatic heterocycles. The van der Waals surface area contributed by atoms with Gasteiger partial charge in [0.1, 0.15) is 0 Å². The average molecular weight is 286 g/mol. The molecule has 0 bridgehead atoms. The molecule has 0 aliphatic carbocycles. The highest BCUT2D eigenvalue weighted by atomic mass is 79.9. The molecular formula is C12H16BrNO2. The molecule has 4 heteroatoms. The maximum Gasteiger partial charge on any atom is 0.175 e. The summed E-state index contributed by atoms with van der Waals surface area (Å²) in [6, 6.07) is 4.14. The lowest BCUT2D eigenvalue weighted by molar-refractivity contribution is 0.348. The van der Waals surface area contributed by atoms with E-state index in [4.69, 9.17) is 9.47 Å². The molecule has 1 N–H and O–H groups in total. The fourth-order valence-corrected chi connectivity index (χ4v) is 2.67. The molecular weight excluding hydrogens is 270 g/mol. The summed E-state index contributed by atoms with van der Waals surface area (Å²) < 4.78 is 11.8. The predicted octanol–water partition coefficient (Wildman–Crippen LogP) is 2.54. The minimum atomic E-state index is 0.525. The highest BCUT2D eigenvalue weighted by molar-refractivity contribution is 9.10. The second kappa shape index (κ2) is 5.06. The lowest BCUT2D eigenvalue weighted by atomic mass is 9.97. The van der Waals surface area contributed by atoms with Crippen LogP contribution in [0.4, 0.5) is 0 Å². The van der Waals surface area contributed by atoms with Gasteiger partial charge in [0.05, 0.1) is 18.7 Å². The maximum atomic E-state index is 5.48. The van der Waals surface area contributed by atoms with Crippen molar-refractivity contribution in [3.05, 3.63) is 22.2 Å². The quantitative estimate of drug-likeness (QED) is 0.926. The molecule has 1 saturated heterocycles. The van der Waals surface area contributed by atoms with E-state index < -0.39 is 0 Å². The molecule has 1 heterocycles. The molecule has 0 amide bonds. The zero-order valence-corrected chi connectivity index (χ0v) is 11.1. The van der Waals surface area contributed by atoms with Crippen molar-refractivity contribution in [2.75, 3.05) is 27.3 Å². The number of hydrogen-bond donors (Lipinski definition) is 1. The first-order valence-electron chi connectivity index (χ1n) is 5.39. The summed E-state index contributed by atoms with van der Waals surface area (Å²) in [5, 5.41) is 3.37. The third-order valence-electron chi connectivity index (χ3n) is 3.00. The number of nitrogens with one attached hydrogen (secondary N) is 1. The Hall–Kier alpha value is -0.740. The van der Waals surface area contributed by atoms with E-state index in [-0.39, 0.29) is 0 Å². The molecule has 0 radical (unpaired) electrons. The van der Waals surface area contributed by atoms with Crippen LogP contribution in [0.2, 0.25) is 0 Å². The van der Waals surface area contributed by atoms with Gasteiger partial charge in [-0.25, -0.2) is 0 Å².